The van der Waals surface area contributed by atoms with Crippen molar-refractivity contribution >= 4 is 0 Å². The molecule has 0 atom stereocenters. The van der Waals surface area contributed by atoms with E-state index >= 15 is 0 Å². The molecule has 0 radical (unpaired) electrons. The van der Waals surface area contributed by atoms with E-state index in [0.29, 0.717) is 24.8 Å². The summed E-state index contributed by atoms with van der Waals surface area (Å²) in [6.07, 6.45) is 0. The number of hydrogen-bond acceptors (Lipinski definition) is 4. The van der Waals surface area contributed by atoms with Crippen molar-refractivity contribution in [1.82, 2.24) is 24.5 Å². The zero-order valence-electron chi connectivity index (χ0n) is 14.0. The summed E-state index contributed by atoms with van der Waals surface area (Å²) < 4.78 is 22.0. The van der Waals surface area contributed by atoms with Crippen molar-refractivity contribution in [2.24, 2.45) is 0 Å². The molecule has 126 valence electrons. The lowest BCUT2D eigenvalue weighted by molar-refractivity contribution is 0.184. The fourth-order valence-electron chi connectivity index (χ4n) is 2.53. The Labute approximate surface area is 139 Å². The molecule has 0 aliphatic rings. The number of benzene rings is 1. The Morgan fingerprint density at radius 2 is 1.88 bits per heavy atom. The molecule has 0 spiro atoms. The van der Waals surface area contributed by atoms with Crippen LogP contribution in [0.15, 0.2) is 30.3 Å². The third-order valence-electron chi connectivity index (χ3n) is 3.79. The number of rotatable bonds is 6. The summed E-state index contributed by atoms with van der Waals surface area (Å²) in [7, 11) is 1.65. The first-order valence-electron chi connectivity index (χ1n) is 7.87. The van der Waals surface area contributed by atoms with Gasteiger partial charge in [0.25, 0.3) is 0 Å². The van der Waals surface area contributed by atoms with Gasteiger partial charge in [-0.15, -0.1) is 0 Å². The van der Waals surface area contributed by atoms with Crippen molar-refractivity contribution in [3.05, 3.63) is 41.8 Å². The van der Waals surface area contributed by atoms with Gasteiger partial charge >= 0.3 is 0 Å². The van der Waals surface area contributed by atoms with Gasteiger partial charge in [-0.3, -0.25) is 4.68 Å². The fourth-order valence-corrected chi connectivity index (χ4v) is 2.53. The zero-order valence-corrected chi connectivity index (χ0v) is 14.0. The molecular weight excluding hydrogens is 309 g/mol. The van der Waals surface area contributed by atoms with E-state index in [1.807, 2.05) is 24.6 Å². The Bertz CT molecular complexity index is 822. The number of methoxy groups -OCH3 is 1. The number of aryl methyl sites for hydroxylation is 2. The molecule has 0 fully saturated rings. The number of aromatic nitrogens is 5. The molecule has 0 saturated heterocycles. The minimum absolute atomic E-state index is 0.282. The molecule has 0 N–H and O–H groups in total. The van der Waals surface area contributed by atoms with Crippen LogP contribution >= 0.6 is 0 Å². The summed E-state index contributed by atoms with van der Waals surface area (Å²) >= 11 is 0. The van der Waals surface area contributed by atoms with Gasteiger partial charge < -0.3 is 4.74 Å². The van der Waals surface area contributed by atoms with Gasteiger partial charge in [0, 0.05) is 24.9 Å². The monoisotopic (exact) mass is 329 g/mol. The van der Waals surface area contributed by atoms with Crippen LogP contribution < -0.4 is 0 Å². The van der Waals surface area contributed by atoms with E-state index < -0.39 is 0 Å². The third-order valence-corrected chi connectivity index (χ3v) is 3.79. The standard InChI is InChI=1S/C17H20FN5O/c1-4-22-12(2)11-15(20-22)17-19-16(21-23(17)9-10-24-3)13-5-7-14(18)8-6-13/h5-8,11H,4,9-10H2,1-3H3. The van der Waals surface area contributed by atoms with Crippen LogP contribution in [0.25, 0.3) is 22.9 Å². The van der Waals surface area contributed by atoms with Crippen molar-refractivity contribution in [2.75, 3.05) is 13.7 Å². The first-order chi connectivity index (χ1) is 11.6. The molecule has 3 aromatic rings. The lowest BCUT2D eigenvalue weighted by Gasteiger charge is -2.02. The topological polar surface area (TPSA) is 57.8 Å². The van der Waals surface area contributed by atoms with Crippen LogP contribution in [0.5, 0.6) is 0 Å². The maximum atomic E-state index is 13.1. The van der Waals surface area contributed by atoms with Crippen LogP contribution in [0.4, 0.5) is 4.39 Å². The molecule has 0 aliphatic heterocycles. The average molecular weight is 329 g/mol. The van der Waals surface area contributed by atoms with E-state index in [-0.39, 0.29) is 5.82 Å². The van der Waals surface area contributed by atoms with E-state index in [1.54, 1.807) is 23.9 Å². The van der Waals surface area contributed by atoms with Gasteiger partial charge in [-0.25, -0.2) is 14.1 Å². The molecule has 3 rings (SSSR count). The Morgan fingerprint density at radius 3 is 2.50 bits per heavy atom. The van der Waals surface area contributed by atoms with Gasteiger partial charge in [-0.2, -0.15) is 10.2 Å². The first kappa shape index (κ1) is 16.3. The van der Waals surface area contributed by atoms with Crippen LogP contribution in [0.2, 0.25) is 0 Å². The van der Waals surface area contributed by atoms with Crippen molar-refractivity contribution in [3.63, 3.8) is 0 Å². The minimum atomic E-state index is -0.282. The second-order valence-corrected chi connectivity index (χ2v) is 5.47. The van der Waals surface area contributed by atoms with Crippen molar-refractivity contribution in [3.8, 4) is 22.9 Å². The van der Waals surface area contributed by atoms with Gasteiger partial charge in [0.2, 0.25) is 0 Å². The lowest BCUT2D eigenvalue weighted by Crippen LogP contribution is -2.08. The van der Waals surface area contributed by atoms with E-state index in [2.05, 4.69) is 15.2 Å². The number of ether oxygens (including phenoxy) is 1. The Kier molecular flexibility index (Phi) is 4.71. The van der Waals surface area contributed by atoms with Gasteiger partial charge in [0.15, 0.2) is 11.6 Å². The smallest absolute Gasteiger partial charge is 0.181 e. The van der Waals surface area contributed by atoms with Gasteiger partial charge in [-0.1, -0.05) is 0 Å². The molecule has 1 aromatic carbocycles. The maximum absolute atomic E-state index is 13.1. The molecule has 7 heteroatoms. The molecular formula is C17H20FN5O. The highest BCUT2D eigenvalue weighted by Gasteiger charge is 2.16. The predicted octanol–water partition coefficient (Wildman–Crippen LogP) is 2.92. The highest BCUT2D eigenvalue weighted by atomic mass is 19.1. The first-order valence-corrected chi connectivity index (χ1v) is 7.87. The summed E-state index contributed by atoms with van der Waals surface area (Å²) in [5.41, 5.74) is 2.60. The quantitative estimate of drug-likeness (QED) is 0.698. The van der Waals surface area contributed by atoms with E-state index in [4.69, 9.17) is 4.74 Å². The fraction of sp³-hybridized carbons (Fsp3) is 0.353. The summed E-state index contributed by atoms with van der Waals surface area (Å²) in [5.74, 6) is 0.946. The van der Waals surface area contributed by atoms with Crippen LogP contribution in [0.3, 0.4) is 0 Å². The van der Waals surface area contributed by atoms with E-state index in [1.165, 1.54) is 12.1 Å². The largest absolute Gasteiger partial charge is 0.383 e. The van der Waals surface area contributed by atoms with Crippen LogP contribution in [-0.4, -0.2) is 38.3 Å². The second kappa shape index (κ2) is 6.92. The SMILES string of the molecule is CCn1nc(-c2nc(-c3ccc(F)cc3)nn2CCOC)cc1C. The Morgan fingerprint density at radius 1 is 1.12 bits per heavy atom. The molecule has 0 saturated carbocycles. The molecule has 0 bridgehead atoms. The van der Waals surface area contributed by atoms with Crippen molar-refractivity contribution < 1.29 is 9.13 Å². The highest BCUT2D eigenvalue weighted by molar-refractivity contribution is 5.59. The summed E-state index contributed by atoms with van der Waals surface area (Å²) in [5, 5.41) is 9.12. The predicted molar refractivity (Wildman–Crippen MR) is 88.9 cm³/mol. The number of hydrogen-bond donors (Lipinski definition) is 0. The van der Waals surface area contributed by atoms with Crippen molar-refractivity contribution in [2.45, 2.75) is 26.9 Å². The molecule has 0 aliphatic carbocycles. The number of nitrogens with zero attached hydrogens (tertiary/aromatic N) is 5. The van der Waals surface area contributed by atoms with Gasteiger partial charge in [0.1, 0.15) is 11.5 Å². The van der Waals surface area contributed by atoms with E-state index in [9.17, 15) is 4.39 Å². The average Bonchev–Trinajstić information content (AvgIpc) is 3.17. The minimum Gasteiger partial charge on any atom is -0.383 e. The lowest BCUT2D eigenvalue weighted by atomic mass is 10.2. The summed E-state index contributed by atoms with van der Waals surface area (Å²) in [6.45, 7) is 5.94. The molecule has 2 aromatic heterocycles. The molecule has 6 nitrogen and oxygen atoms in total. The molecule has 2 heterocycles. The normalized spacial score (nSPS) is 11.2. The number of halogens is 1. The highest BCUT2D eigenvalue weighted by Crippen LogP contribution is 2.22. The Balaban J connectivity index is 2.04. The van der Waals surface area contributed by atoms with Crippen molar-refractivity contribution in [1.29, 1.82) is 0 Å². The molecule has 24 heavy (non-hydrogen) atoms. The summed E-state index contributed by atoms with van der Waals surface area (Å²) in [6, 6.07) is 8.14. The van der Waals surface area contributed by atoms with Crippen LogP contribution in [0, 0.1) is 12.7 Å². The second-order valence-electron chi connectivity index (χ2n) is 5.47. The molecule has 0 unspecified atom stereocenters. The molecule has 0 amide bonds. The van der Waals surface area contributed by atoms with Crippen LogP contribution in [0.1, 0.15) is 12.6 Å². The van der Waals surface area contributed by atoms with Crippen LogP contribution in [-0.2, 0) is 17.8 Å². The van der Waals surface area contributed by atoms with Gasteiger partial charge in [-0.05, 0) is 44.2 Å². The maximum Gasteiger partial charge on any atom is 0.181 e. The Hall–Kier alpha value is -2.54. The summed E-state index contributed by atoms with van der Waals surface area (Å²) in [4.78, 5) is 4.62. The third kappa shape index (κ3) is 3.21. The van der Waals surface area contributed by atoms with Gasteiger partial charge in [0.05, 0.1) is 13.2 Å². The zero-order chi connectivity index (χ0) is 17.1. The van der Waals surface area contributed by atoms with E-state index in [0.717, 1.165) is 23.5 Å².